The van der Waals surface area contributed by atoms with Gasteiger partial charge < -0.3 is 37.5 Å². The Morgan fingerprint density at radius 3 is 1.05 bits per heavy atom. The van der Waals surface area contributed by atoms with Crippen molar-refractivity contribution in [3.8, 4) is 22.5 Å². The van der Waals surface area contributed by atoms with Crippen LogP contribution in [0.1, 0.15) is 90.3 Å². The van der Waals surface area contributed by atoms with Crippen LogP contribution in [0.5, 0.6) is 0 Å². The Balaban J connectivity index is 0.000000258. The van der Waals surface area contributed by atoms with Crippen LogP contribution < -0.4 is 22.9 Å². The standard InChI is InChI=1S/C20H20N4O2S.C13H19NO3S.C13H18O2S.C12H11N3O2.C7H10N2OS.C7H9NS/c1-13-3-7-15(8-4-13)17-12-23-20(21)19(24-17)18(25)11-14-5-9-16(10-6-14)27(2,22)26;1-13(2,3)17-12(15)9-10-5-7-11(8-6-10)18(4,14)16;1-13(2,3)15-12(14)9-10-5-7-11(16-4)8-6-10;1-7-2-4-8(5-3-7)9-6-14-11(13)10(15-9)12(16)17;1-11(9,10)7-4-2-6(8)3-5-7;1-9-7-4-2-6(8)3-5-7/h3-10,12,22H,11H2,1-2H3,(H2,21,23);5-8,14H,9H2,1-4H3;5-8H,9H2,1-4H3;2-6H,1H3,(H2,13,14)(H,16,17);2-5,9H,8H2,1H3;2-5H,8H2,1H3. The molecule has 0 fully saturated rings. The van der Waals surface area contributed by atoms with Gasteiger partial charge in [-0.25, -0.2) is 51.7 Å². The van der Waals surface area contributed by atoms with Gasteiger partial charge in [-0.2, -0.15) is 0 Å². The van der Waals surface area contributed by atoms with Crippen molar-refractivity contribution in [2.24, 2.45) is 0 Å². The van der Waals surface area contributed by atoms with Crippen molar-refractivity contribution in [1.82, 2.24) is 19.9 Å². The Morgan fingerprint density at radius 2 is 0.735 bits per heavy atom. The smallest absolute Gasteiger partial charge is 0.358 e. The second-order valence-corrected chi connectivity index (χ2v) is 32.4. The molecule has 2 heterocycles. The number of aromatic nitrogens is 4. The summed E-state index contributed by atoms with van der Waals surface area (Å²) >= 11 is 3.41. The van der Waals surface area contributed by atoms with Gasteiger partial charge in [-0.1, -0.05) is 96.1 Å². The molecule has 0 radical (unpaired) electrons. The Bertz CT molecular complexity index is 4480. The maximum Gasteiger partial charge on any atom is 0.358 e. The van der Waals surface area contributed by atoms with Gasteiger partial charge >= 0.3 is 17.9 Å². The summed E-state index contributed by atoms with van der Waals surface area (Å²) in [6.07, 6.45) is 11.8. The third kappa shape index (κ3) is 29.5. The van der Waals surface area contributed by atoms with Crippen molar-refractivity contribution >= 4 is 99.4 Å². The molecule has 3 unspecified atom stereocenters. The van der Waals surface area contributed by atoms with E-state index >= 15 is 0 Å². The summed E-state index contributed by atoms with van der Waals surface area (Å²) in [5, 5.41) is 8.90. The average molecular weight is 1430 g/mol. The zero-order valence-electron chi connectivity index (χ0n) is 57.2. The van der Waals surface area contributed by atoms with Crippen LogP contribution >= 0.6 is 23.5 Å². The summed E-state index contributed by atoms with van der Waals surface area (Å²) in [7, 11) is -8.04. The number of anilines is 4. The number of thioether (sulfide) groups is 2. The minimum Gasteiger partial charge on any atom is -0.476 e. The molecular formula is C72H87N11O10S5. The lowest BCUT2D eigenvalue weighted by Gasteiger charge is -2.19. The molecule has 26 heteroatoms. The van der Waals surface area contributed by atoms with Gasteiger partial charge in [0.25, 0.3) is 0 Å². The first-order chi connectivity index (χ1) is 45.6. The number of nitrogens with one attached hydrogen (secondary N) is 3. The van der Waals surface area contributed by atoms with Gasteiger partial charge in [0.05, 0.1) is 65.8 Å². The fourth-order valence-electron chi connectivity index (χ4n) is 8.05. The highest BCUT2D eigenvalue weighted by molar-refractivity contribution is 7.98. The van der Waals surface area contributed by atoms with Crippen molar-refractivity contribution in [2.75, 3.05) is 54.2 Å². The monoisotopic (exact) mass is 1430 g/mol. The van der Waals surface area contributed by atoms with Gasteiger partial charge in [-0.05, 0) is 170 Å². The molecular weight excluding hydrogens is 1340 g/mol. The minimum absolute atomic E-state index is 0.0756. The molecule has 9 aromatic rings. The topological polar surface area (TPSA) is 385 Å². The lowest BCUT2D eigenvalue weighted by atomic mass is 10.1. The molecule has 0 bridgehead atoms. The number of benzene rings is 7. The number of carbonyl (C=O) groups excluding carboxylic acids is 3. The number of hydrogen-bond acceptors (Lipinski definition) is 22. The first-order valence-corrected chi connectivity index (χ1v) is 38.3. The van der Waals surface area contributed by atoms with E-state index in [1.165, 1.54) is 34.8 Å². The van der Waals surface area contributed by atoms with E-state index in [0.717, 1.165) is 44.6 Å². The number of Topliss-reactive ketones (excluding diaryl/α,β-unsaturated/α-hetero) is 1. The van der Waals surface area contributed by atoms with E-state index in [-0.39, 0.29) is 53.6 Å². The second kappa shape index (κ2) is 36.8. The van der Waals surface area contributed by atoms with Crippen molar-refractivity contribution in [1.29, 1.82) is 14.3 Å². The normalized spacial score (nSPS) is 12.6. The number of ether oxygens (including phenoxy) is 2. The van der Waals surface area contributed by atoms with E-state index in [2.05, 4.69) is 19.9 Å². The number of rotatable bonds is 15. The molecule has 3 atom stereocenters. The fraction of sp³-hybridized carbons (Fsp3) is 0.250. The highest BCUT2D eigenvalue weighted by Gasteiger charge is 2.20. The Labute approximate surface area is 584 Å². The average Bonchev–Trinajstić information content (AvgIpc) is 0.832. The highest BCUT2D eigenvalue weighted by Crippen LogP contribution is 2.24. The lowest BCUT2D eigenvalue weighted by Crippen LogP contribution is -2.24. The molecule has 0 aliphatic heterocycles. The zero-order chi connectivity index (χ0) is 73.3. The van der Waals surface area contributed by atoms with Crippen molar-refractivity contribution in [3.05, 3.63) is 221 Å². The van der Waals surface area contributed by atoms with Crippen LogP contribution in [0.2, 0.25) is 0 Å². The Kier molecular flexibility index (Phi) is 30.4. The number of carboxylic acids is 1. The van der Waals surface area contributed by atoms with E-state index in [4.69, 9.17) is 51.9 Å². The van der Waals surface area contributed by atoms with E-state index in [1.807, 2.05) is 165 Å². The summed E-state index contributed by atoms with van der Waals surface area (Å²) in [4.78, 5) is 66.9. The number of esters is 2. The maximum absolute atomic E-state index is 12.7. The van der Waals surface area contributed by atoms with E-state index < -0.39 is 46.4 Å². The third-order valence-corrected chi connectivity index (χ3v) is 18.0. The molecule has 9 rings (SSSR count). The molecule has 21 nitrogen and oxygen atoms in total. The van der Waals surface area contributed by atoms with Crippen LogP contribution in [-0.2, 0) is 67.5 Å². The molecule has 2 aromatic heterocycles. The van der Waals surface area contributed by atoms with Gasteiger partial charge in [-0.15, -0.1) is 23.5 Å². The first kappa shape index (κ1) is 81.0. The van der Waals surface area contributed by atoms with Crippen LogP contribution in [0.3, 0.4) is 0 Å². The second-order valence-electron chi connectivity index (χ2n) is 24.2. The van der Waals surface area contributed by atoms with Crippen LogP contribution in [0.25, 0.3) is 22.5 Å². The van der Waals surface area contributed by atoms with Crippen LogP contribution in [0, 0.1) is 28.2 Å². The molecule has 0 spiro atoms. The summed E-state index contributed by atoms with van der Waals surface area (Å²) in [5.74, 6) is -1.87. The number of carbonyl (C=O) groups is 4. The molecule has 98 heavy (non-hydrogen) atoms. The predicted molar refractivity (Wildman–Crippen MR) is 397 cm³/mol. The molecule has 12 N–H and O–H groups in total. The maximum atomic E-state index is 12.7. The number of nitrogens with zero attached hydrogens (tertiary/aromatic N) is 4. The molecule has 0 saturated carbocycles. The number of ketones is 1. The van der Waals surface area contributed by atoms with Gasteiger partial charge in [0.2, 0.25) is 0 Å². The van der Waals surface area contributed by atoms with Crippen LogP contribution in [-0.4, -0.2) is 104 Å². The Hall–Kier alpha value is -9.47. The molecule has 7 aromatic carbocycles. The lowest BCUT2D eigenvalue weighted by molar-refractivity contribution is -0.155. The molecule has 520 valence electrons. The quantitative estimate of drug-likeness (QED) is 0.0204. The highest BCUT2D eigenvalue weighted by atomic mass is 32.2. The Morgan fingerprint density at radius 1 is 0.449 bits per heavy atom. The molecule has 0 aliphatic rings. The van der Waals surface area contributed by atoms with E-state index in [1.54, 1.807) is 103 Å². The fourth-order valence-corrected chi connectivity index (χ4v) is 10.8. The van der Waals surface area contributed by atoms with Gasteiger partial charge in [0, 0.05) is 72.2 Å². The van der Waals surface area contributed by atoms with Gasteiger partial charge in [-0.3, -0.25) is 14.4 Å². The molecule has 0 saturated heterocycles. The van der Waals surface area contributed by atoms with Gasteiger partial charge in [0.1, 0.15) is 16.9 Å². The number of carboxylic acid groups (broad SMARTS) is 1. The minimum atomic E-state index is -2.77. The number of nitrogens with two attached hydrogens (primary N) is 4. The van der Waals surface area contributed by atoms with Crippen LogP contribution in [0.4, 0.5) is 23.0 Å². The van der Waals surface area contributed by atoms with Crippen LogP contribution in [0.15, 0.2) is 207 Å². The van der Waals surface area contributed by atoms with Crippen molar-refractivity contribution in [2.45, 2.75) is 110 Å². The summed E-state index contributed by atoms with van der Waals surface area (Å²) in [6, 6.07) is 50.9. The predicted octanol–water partition coefficient (Wildman–Crippen LogP) is 14.4. The third-order valence-electron chi connectivity index (χ3n) is 13.0. The van der Waals surface area contributed by atoms with Gasteiger partial charge in [0.15, 0.2) is 23.1 Å². The summed E-state index contributed by atoms with van der Waals surface area (Å²) < 4.78 is 67.1. The number of hydrogen-bond donors (Lipinski definition) is 8. The zero-order valence-corrected chi connectivity index (χ0v) is 61.3. The summed E-state index contributed by atoms with van der Waals surface area (Å²) in [5.41, 5.74) is 30.2. The molecule has 0 aliphatic carbocycles. The summed E-state index contributed by atoms with van der Waals surface area (Å²) in [6.45, 7) is 15.1. The molecule has 0 amide bonds. The van der Waals surface area contributed by atoms with Crippen molar-refractivity contribution in [3.63, 3.8) is 0 Å². The van der Waals surface area contributed by atoms with E-state index in [0.29, 0.717) is 38.2 Å². The number of aryl methyl sites for hydroxylation is 2. The number of aromatic carboxylic acids is 1. The van der Waals surface area contributed by atoms with Crippen molar-refractivity contribution < 1.29 is 46.4 Å². The number of nitrogen functional groups attached to an aromatic ring is 4. The van der Waals surface area contributed by atoms with E-state index in [9.17, 15) is 31.8 Å². The SMILES string of the molecule is CC(C)(C)OC(=O)Cc1ccc(S(C)(=N)=O)cc1.CS(=N)(=O)c1ccc(N)cc1.CSc1ccc(CC(=O)OC(C)(C)C)cc1.CSc1ccc(N)cc1.Cc1ccc(-c2cnc(N)c(C(=O)Cc3ccc(S(C)(=N)=O)cc3)n2)cc1.Cc1ccc(-c2cnc(N)c(C(=O)O)n2)cc1. The largest absolute Gasteiger partial charge is 0.476 e. The first-order valence-electron chi connectivity index (χ1n) is 30.0.